The lowest BCUT2D eigenvalue weighted by Gasteiger charge is -2.58. The largest absolute Gasteiger partial charge is 0.459 e. The monoisotopic (exact) mass is 360 g/mol. The SMILES string of the molecule is O=C(OCc1cc(=O)n2ccsc2n1)C12C[C@@H]3C[C@@H](CC(O)(C3)C1)C2. The van der Waals surface area contributed by atoms with E-state index < -0.39 is 11.0 Å². The maximum absolute atomic E-state index is 12.9. The Bertz CT molecular complexity index is 903. The third kappa shape index (κ3) is 2.44. The van der Waals surface area contributed by atoms with Crippen molar-refractivity contribution in [3.05, 3.63) is 33.7 Å². The molecule has 2 aromatic rings. The van der Waals surface area contributed by atoms with Crippen molar-refractivity contribution in [1.82, 2.24) is 9.38 Å². The number of ether oxygens (including phenoxy) is 1. The summed E-state index contributed by atoms with van der Waals surface area (Å²) in [4.78, 5) is 29.9. The maximum Gasteiger partial charge on any atom is 0.312 e. The lowest BCUT2D eigenvalue weighted by Crippen LogP contribution is -2.58. The van der Waals surface area contributed by atoms with Gasteiger partial charge in [-0.15, -0.1) is 11.3 Å². The molecule has 0 aliphatic heterocycles. The van der Waals surface area contributed by atoms with Gasteiger partial charge >= 0.3 is 5.97 Å². The molecule has 2 unspecified atom stereocenters. The summed E-state index contributed by atoms with van der Waals surface area (Å²) in [6.45, 7) is 0.0119. The Balaban J connectivity index is 1.36. The summed E-state index contributed by atoms with van der Waals surface area (Å²) in [5.74, 6) is 0.640. The molecule has 7 heteroatoms. The lowest BCUT2D eigenvalue weighted by atomic mass is 9.48. The van der Waals surface area contributed by atoms with Gasteiger partial charge < -0.3 is 9.84 Å². The summed E-state index contributed by atoms with van der Waals surface area (Å²) in [6.07, 6.45) is 6.63. The van der Waals surface area contributed by atoms with Gasteiger partial charge in [-0.1, -0.05) is 0 Å². The zero-order chi connectivity index (χ0) is 17.2. The van der Waals surface area contributed by atoms with E-state index >= 15 is 0 Å². The first kappa shape index (κ1) is 15.5. The molecule has 6 nitrogen and oxygen atoms in total. The van der Waals surface area contributed by atoms with Gasteiger partial charge in [-0.2, -0.15) is 0 Å². The van der Waals surface area contributed by atoms with E-state index in [1.807, 2.05) is 0 Å². The zero-order valence-corrected chi connectivity index (χ0v) is 14.6. The van der Waals surface area contributed by atoms with Crippen LogP contribution in [0.3, 0.4) is 0 Å². The number of thiazole rings is 1. The predicted octanol–water partition coefficient (Wildman–Crippen LogP) is 2.13. The van der Waals surface area contributed by atoms with Crippen LogP contribution in [0.1, 0.15) is 44.2 Å². The number of hydrogen-bond acceptors (Lipinski definition) is 6. The second-order valence-corrected chi connectivity index (χ2v) is 9.06. The topological polar surface area (TPSA) is 80.9 Å². The summed E-state index contributed by atoms with van der Waals surface area (Å²) < 4.78 is 7.06. The van der Waals surface area contributed by atoms with E-state index in [-0.39, 0.29) is 18.1 Å². The molecule has 1 N–H and O–H groups in total. The normalized spacial score (nSPS) is 36.0. The molecule has 132 valence electrons. The Labute approximate surface area is 148 Å². The molecular formula is C18H20N2O4S. The van der Waals surface area contributed by atoms with Crippen LogP contribution in [-0.2, 0) is 16.1 Å². The van der Waals surface area contributed by atoms with Gasteiger partial charge in [0.25, 0.3) is 5.56 Å². The highest BCUT2D eigenvalue weighted by atomic mass is 32.1. The van der Waals surface area contributed by atoms with Gasteiger partial charge in [0.1, 0.15) is 6.61 Å². The summed E-state index contributed by atoms with van der Waals surface area (Å²) in [6, 6.07) is 1.42. The molecule has 0 radical (unpaired) electrons. The molecule has 4 bridgehead atoms. The third-order valence-corrected chi connectivity index (χ3v) is 6.93. The average Bonchev–Trinajstić information content (AvgIpc) is 2.99. The highest BCUT2D eigenvalue weighted by Crippen LogP contribution is 2.62. The van der Waals surface area contributed by atoms with Crippen LogP contribution < -0.4 is 5.56 Å². The van der Waals surface area contributed by atoms with E-state index in [1.54, 1.807) is 11.6 Å². The molecule has 4 aliphatic rings. The van der Waals surface area contributed by atoms with Crippen LogP contribution in [0.4, 0.5) is 0 Å². The second kappa shape index (κ2) is 5.14. The van der Waals surface area contributed by atoms with Gasteiger partial charge in [0.05, 0.1) is 16.7 Å². The highest BCUT2D eigenvalue weighted by Gasteiger charge is 2.60. The average molecular weight is 360 g/mol. The predicted molar refractivity (Wildman–Crippen MR) is 91.2 cm³/mol. The van der Waals surface area contributed by atoms with Crippen LogP contribution in [0.2, 0.25) is 0 Å². The van der Waals surface area contributed by atoms with E-state index in [9.17, 15) is 14.7 Å². The number of hydrogen-bond donors (Lipinski definition) is 1. The van der Waals surface area contributed by atoms with Crippen molar-refractivity contribution in [1.29, 1.82) is 0 Å². The van der Waals surface area contributed by atoms with E-state index in [2.05, 4.69) is 4.98 Å². The number of rotatable bonds is 3. The van der Waals surface area contributed by atoms with Gasteiger partial charge in [0.2, 0.25) is 0 Å². The second-order valence-electron chi connectivity index (χ2n) is 8.18. The molecule has 4 atom stereocenters. The number of carbonyl (C=O) groups excluding carboxylic acids is 1. The Morgan fingerprint density at radius 3 is 2.84 bits per heavy atom. The van der Waals surface area contributed by atoms with Crippen molar-refractivity contribution < 1.29 is 14.6 Å². The van der Waals surface area contributed by atoms with Crippen molar-refractivity contribution in [2.24, 2.45) is 17.3 Å². The van der Waals surface area contributed by atoms with Crippen LogP contribution in [0, 0.1) is 17.3 Å². The highest BCUT2D eigenvalue weighted by molar-refractivity contribution is 7.15. The quantitative estimate of drug-likeness (QED) is 0.848. The van der Waals surface area contributed by atoms with Crippen LogP contribution in [-0.4, -0.2) is 26.1 Å². The Morgan fingerprint density at radius 1 is 1.36 bits per heavy atom. The molecule has 4 fully saturated rings. The van der Waals surface area contributed by atoms with E-state index in [4.69, 9.17) is 4.74 Å². The minimum atomic E-state index is -0.684. The Kier molecular flexibility index (Phi) is 3.19. The van der Waals surface area contributed by atoms with Gasteiger partial charge in [-0.05, 0) is 50.4 Å². The first-order chi connectivity index (χ1) is 11.9. The molecule has 0 aromatic carbocycles. The summed E-state index contributed by atoms with van der Waals surface area (Å²) in [7, 11) is 0. The maximum atomic E-state index is 12.9. The molecule has 4 aliphatic carbocycles. The first-order valence-electron chi connectivity index (χ1n) is 8.80. The molecule has 0 spiro atoms. The smallest absolute Gasteiger partial charge is 0.312 e. The van der Waals surface area contributed by atoms with Gasteiger partial charge in [-0.3, -0.25) is 14.0 Å². The first-order valence-corrected chi connectivity index (χ1v) is 9.68. The summed E-state index contributed by atoms with van der Waals surface area (Å²) in [5, 5.41) is 12.6. The third-order valence-electron chi connectivity index (χ3n) is 6.17. The van der Waals surface area contributed by atoms with Crippen molar-refractivity contribution in [2.45, 2.75) is 50.7 Å². The fourth-order valence-electron chi connectivity index (χ4n) is 5.71. The van der Waals surface area contributed by atoms with E-state index in [0.717, 1.165) is 32.1 Å². The lowest BCUT2D eigenvalue weighted by molar-refractivity contribution is -0.197. The van der Waals surface area contributed by atoms with E-state index in [0.29, 0.717) is 28.9 Å². The van der Waals surface area contributed by atoms with E-state index in [1.165, 1.54) is 21.8 Å². The van der Waals surface area contributed by atoms with Crippen LogP contribution in [0.25, 0.3) is 4.96 Å². The number of aromatic nitrogens is 2. The fraction of sp³-hybridized carbons (Fsp3) is 0.611. The fourth-order valence-corrected chi connectivity index (χ4v) is 6.45. The van der Waals surface area contributed by atoms with Crippen LogP contribution >= 0.6 is 11.3 Å². The van der Waals surface area contributed by atoms with Crippen LogP contribution in [0.5, 0.6) is 0 Å². The van der Waals surface area contributed by atoms with Crippen molar-refractivity contribution >= 4 is 22.3 Å². The van der Waals surface area contributed by atoms with Gasteiger partial charge in [-0.25, -0.2) is 4.98 Å². The minimum absolute atomic E-state index is 0.0119. The zero-order valence-electron chi connectivity index (χ0n) is 13.8. The number of esters is 1. The van der Waals surface area contributed by atoms with Crippen molar-refractivity contribution in [3.8, 4) is 0 Å². The molecular weight excluding hydrogens is 340 g/mol. The molecule has 6 rings (SSSR count). The molecule has 0 amide bonds. The molecule has 25 heavy (non-hydrogen) atoms. The molecule has 4 saturated carbocycles. The number of aliphatic hydroxyl groups is 1. The Hall–Kier alpha value is -1.73. The summed E-state index contributed by atoms with van der Waals surface area (Å²) >= 11 is 1.37. The Morgan fingerprint density at radius 2 is 2.12 bits per heavy atom. The number of nitrogens with zero attached hydrogens (tertiary/aromatic N) is 2. The summed E-state index contributed by atoms with van der Waals surface area (Å²) in [5.41, 5.74) is -0.914. The number of fused-ring (bicyclic) bond motifs is 1. The van der Waals surface area contributed by atoms with Gasteiger partial charge in [0.15, 0.2) is 4.96 Å². The van der Waals surface area contributed by atoms with Crippen LogP contribution in [0.15, 0.2) is 22.4 Å². The standard InChI is InChI=1S/C18H20N2O4S/c21-14-4-13(19-16-20(14)1-2-25-16)9-24-15(22)17-5-11-3-12(6-17)8-18(23,7-11)10-17/h1-2,4,11-12,23H,3,5-10H2/t11-,12+,17?,18?. The minimum Gasteiger partial charge on any atom is -0.459 e. The van der Waals surface area contributed by atoms with Crippen molar-refractivity contribution in [3.63, 3.8) is 0 Å². The molecule has 2 heterocycles. The number of carbonyl (C=O) groups is 1. The van der Waals surface area contributed by atoms with Gasteiger partial charge in [0, 0.05) is 17.6 Å². The molecule has 2 aromatic heterocycles. The molecule has 0 saturated heterocycles. The van der Waals surface area contributed by atoms with Crippen molar-refractivity contribution in [2.75, 3.05) is 0 Å².